The van der Waals surface area contributed by atoms with E-state index in [0.717, 1.165) is 49.8 Å². The molecular weight excluding hydrogens is 414 g/mol. The number of carbonyl (C=O) groups is 3. The molecule has 6 heteroatoms. The van der Waals surface area contributed by atoms with Crippen molar-refractivity contribution in [2.45, 2.75) is 41.5 Å². The molecule has 1 aliphatic heterocycles. The van der Waals surface area contributed by atoms with Gasteiger partial charge in [0, 0.05) is 11.4 Å². The molecule has 2 heterocycles. The van der Waals surface area contributed by atoms with E-state index in [9.17, 15) is 14.4 Å². The number of nitrogens with zero attached hydrogens (tertiary/aromatic N) is 2. The number of carbonyl (C=O) groups excluding carboxylic acids is 3. The maximum atomic E-state index is 13.3. The normalized spacial score (nSPS) is 15.4. The van der Waals surface area contributed by atoms with E-state index in [-0.39, 0.29) is 5.57 Å². The summed E-state index contributed by atoms with van der Waals surface area (Å²) in [6.45, 7) is 11.9. The SMILES string of the molecule is Cc1ccc(N2C(=O)NC(=O)/C(=C\c3cc(C)n(-c4c(C)cccc4C)c3C)C2=O)cc1C. The number of benzene rings is 2. The van der Waals surface area contributed by atoms with Crippen molar-refractivity contribution >= 4 is 29.6 Å². The van der Waals surface area contributed by atoms with Crippen LogP contribution in [0.3, 0.4) is 0 Å². The first kappa shape index (κ1) is 22.3. The van der Waals surface area contributed by atoms with Crippen LogP contribution in [0, 0.1) is 41.5 Å². The minimum Gasteiger partial charge on any atom is -0.317 e. The number of urea groups is 1. The highest BCUT2D eigenvalue weighted by molar-refractivity contribution is 6.39. The number of nitrogens with one attached hydrogen (secondary N) is 1. The Labute approximate surface area is 193 Å². The smallest absolute Gasteiger partial charge is 0.317 e. The molecule has 1 fully saturated rings. The minimum atomic E-state index is -0.744. The molecule has 33 heavy (non-hydrogen) atoms. The third-order valence-corrected chi connectivity index (χ3v) is 6.28. The summed E-state index contributed by atoms with van der Waals surface area (Å²) in [6.07, 6.45) is 1.57. The second-order valence-corrected chi connectivity index (χ2v) is 8.63. The summed E-state index contributed by atoms with van der Waals surface area (Å²) in [4.78, 5) is 39.5. The van der Waals surface area contributed by atoms with Gasteiger partial charge >= 0.3 is 6.03 Å². The molecule has 0 atom stereocenters. The molecule has 4 rings (SSSR count). The molecule has 0 unspecified atom stereocenters. The van der Waals surface area contributed by atoms with Crippen LogP contribution in [-0.4, -0.2) is 22.4 Å². The summed E-state index contributed by atoms with van der Waals surface area (Å²) in [5.74, 6) is -1.33. The molecule has 168 valence electrons. The van der Waals surface area contributed by atoms with Crippen molar-refractivity contribution in [3.8, 4) is 5.69 Å². The highest BCUT2D eigenvalue weighted by Gasteiger charge is 2.37. The van der Waals surface area contributed by atoms with Gasteiger partial charge in [-0.3, -0.25) is 14.9 Å². The molecule has 0 aliphatic carbocycles. The van der Waals surface area contributed by atoms with Crippen LogP contribution in [-0.2, 0) is 9.59 Å². The molecule has 1 N–H and O–H groups in total. The fourth-order valence-corrected chi connectivity index (χ4v) is 4.35. The number of hydrogen-bond acceptors (Lipinski definition) is 3. The van der Waals surface area contributed by atoms with Crippen molar-refractivity contribution in [1.82, 2.24) is 9.88 Å². The number of amides is 4. The second kappa shape index (κ2) is 8.20. The first-order valence-corrected chi connectivity index (χ1v) is 10.8. The predicted octanol–water partition coefficient (Wildman–Crippen LogP) is 4.99. The predicted molar refractivity (Wildman–Crippen MR) is 130 cm³/mol. The zero-order valence-corrected chi connectivity index (χ0v) is 19.7. The van der Waals surface area contributed by atoms with Gasteiger partial charge in [0.05, 0.1) is 11.4 Å². The number of imide groups is 2. The lowest BCUT2D eigenvalue weighted by Crippen LogP contribution is -2.54. The average molecular weight is 442 g/mol. The van der Waals surface area contributed by atoms with Crippen LogP contribution in [0.1, 0.15) is 39.2 Å². The van der Waals surface area contributed by atoms with E-state index in [1.165, 1.54) is 0 Å². The Kier molecular flexibility index (Phi) is 5.54. The Balaban J connectivity index is 1.80. The Morgan fingerprint density at radius 1 is 0.788 bits per heavy atom. The monoisotopic (exact) mass is 441 g/mol. The largest absolute Gasteiger partial charge is 0.335 e. The fraction of sp³-hybridized carbons (Fsp3) is 0.222. The van der Waals surface area contributed by atoms with Crippen molar-refractivity contribution in [2.24, 2.45) is 0 Å². The van der Waals surface area contributed by atoms with Crippen molar-refractivity contribution in [3.63, 3.8) is 0 Å². The minimum absolute atomic E-state index is 0.0745. The number of aryl methyl sites for hydroxylation is 5. The van der Waals surface area contributed by atoms with Crippen LogP contribution in [0.15, 0.2) is 48.0 Å². The third kappa shape index (κ3) is 3.78. The quantitative estimate of drug-likeness (QED) is 0.460. The second-order valence-electron chi connectivity index (χ2n) is 8.63. The van der Waals surface area contributed by atoms with E-state index >= 15 is 0 Å². The highest BCUT2D eigenvalue weighted by atomic mass is 16.2. The van der Waals surface area contributed by atoms with Gasteiger partial charge in [-0.2, -0.15) is 0 Å². The number of hydrogen-bond donors (Lipinski definition) is 1. The van der Waals surface area contributed by atoms with Gasteiger partial charge in [0.1, 0.15) is 5.57 Å². The Hall–Kier alpha value is -3.93. The molecule has 1 saturated heterocycles. The van der Waals surface area contributed by atoms with Gasteiger partial charge in [-0.25, -0.2) is 9.69 Å². The van der Waals surface area contributed by atoms with Gasteiger partial charge in [-0.1, -0.05) is 24.3 Å². The average Bonchev–Trinajstić information content (AvgIpc) is 3.01. The molecule has 0 saturated carbocycles. The van der Waals surface area contributed by atoms with Gasteiger partial charge in [0.2, 0.25) is 0 Å². The van der Waals surface area contributed by atoms with Crippen molar-refractivity contribution < 1.29 is 14.4 Å². The van der Waals surface area contributed by atoms with Crippen LogP contribution >= 0.6 is 0 Å². The topological polar surface area (TPSA) is 71.4 Å². The number of rotatable bonds is 3. The van der Waals surface area contributed by atoms with Crippen molar-refractivity contribution in [3.05, 3.63) is 87.2 Å². The molecule has 0 radical (unpaired) electrons. The van der Waals surface area contributed by atoms with E-state index in [2.05, 4.69) is 35.9 Å². The number of barbiturate groups is 1. The van der Waals surface area contributed by atoms with Crippen LogP contribution in [0.4, 0.5) is 10.5 Å². The molecule has 2 aromatic carbocycles. The summed E-state index contributed by atoms with van der Waals surface area (Å²) >= 11 is 0. The summed E-state index contributed by atoms with van der Waals surface area (Å²) in [5.41, 5.74) is 8.36. The van der Waals surface area contributed by atoms with Crippen LogP contribution < -0.4 is 10.2 Å². The Morgan fingerprint density at radius 3 is 2.09 bits per heavy atom. The van der Waals surface area contributed by atoms with E-state index in [1.54, 1.807) is 18.2 Å². The van der Waals surface area contributed by atoms with E-state index in [1.807, 2.05) is 45.9 Å². The van der Waals surface area contributed by atoms with Crippen LogP contribution in [0.5, 0.6) is 0 Å². The van der Waals surface area contributed by atoms with Gasteiger partial charge < -0.3 is 4.57 Å². The van der Waals surface area contributed by atoms with Crippen molar-refractivity contribution in [1.29, 1.82) is 0 Å². The maximum absolute atomic E-state index is 13.3. The molecule has 0 bridgehead atoms. The summed E-state index contributed by atoms with van der Waals surface area (Å²) in [5, 5.41) is 2.31. The number of para-hydroxylation sites is 1. The Bertz CT molecular complexity index is 1340. The van der Waals surface area contributed by atoms with Gasteiger partial charge in [0.15, 0.2) is 0 Å². The number of aromatic nitrogens is 1. The van der Waals surface area contributed by atoms with Gasteiger partial charge in [0.25, 0.3) is 11.8 Å². The lowest BCUT2D eigenvalue weighted by molar-refractivity contribution is -0.122. The summed E-state index contributed by atoms with van der Waals surface area (Å²) in [7, 11) is 0. The lowest BCUT2D eigenvalue weighted by atomic mass is 10.1. The summed E-state index contributed by atoms with van der Waals surface area (Å²) in [6, 6.07) is 12.7. The maximum Gasteiger partial charge on any atom is 0.335 e. The lowest BCUT2D eigenvalue weighted by Gasteiger charge is -2.26. The van der Waals surface area contributed by atoms with Gasteiger partial charge in [-0.15, -0.1) is 0 Å². The molecule has 4 amide bonds. The highest BCUT2D eigenvalue weighted by Crippen LogP contribution is 2.29. The van der Waals surface area contributed by atoms with E-state index in [4.69, 9.17) is 0 Å². The molecule has 1 aromatic heterocycles. The summed E-state index contributed by atoms with van der Waals surface area (Å²) < 4.78 is 2.13. The van der Waals surface area contributed by atoms with E-state index in [0.29, 0.717) is 5.69 Å². The van der Waals surface area contributed by atoms with E-state index < -0.39 is 17.8 Å². The molecule has 6 nitrogen and oxygen atoms in total. The van der Waals surface area contributed by atoms with Crippen LogP contribution in [0.2, 0.25) is 0 Å². The zero-order valence-electron chi connectivity index (χ0n) is 19.7. The third-order valence-electron chi connectivity index (χ3n) is 6.28. The number of anilines is 1. The van der Waals surface area contributed by atoms with Crippen LogP contribution in [0.25, 0.3) is 11.8 Å². The molecule has 1 aliphatic rings. The first-order chi connectivity index (χ1) is 15.6. The molecular formula is C27H27N3O3. The van der Waals surface area contributed by atoms with Crippen molar-refractivity contribution in [2.75, 3.05) is 4.90 Å². The standard InChI is InChI=1S/C27H27N3O3/c1-15-10-11-22(12-18(15)4)30-26(32)23(25(31)28-27(30)33)14-21-13-19(5)29(20(21)6)24-16(2)8-7-9-17(24)3/h7-14H,1-6H3,(H,28,31,33)/b23-14+. The zero-order chi connectivity index (χ0) is 24.0. The first-order valence-electron chi connectivity index (χ1n) is 10.8. The Morgan fingerprint density at radius 2 is 1.45 bits per heavy atom. The fourth-order valence-electron chi connectivity index (χ4n) is 4.35. The molecule has 3 aromatic rings. The van der Waals surface area contributed by atoms with Gasteiger partial charge in [-0.05, 0) is 93.6 Å². The molecule has 0 spiro atoms.